The number of amides is 3. The first kappa shape index (κ1) is 41.1. The summed E-state index contributed by atoms with van der Waals surface area (Å²) in [5.41, 5.74) is -0.120. The summed E-state index contributed by atoms with van der Waals surface area (Å²) in [7, 11) is 1.68. The van der Waals surface area contributed by atoms with E-state index in [9.17, 15) is 27.6 Å². The van der Waals surface area contributed by atoms with Crippen LogP contribution in [-0.4, -0.2) is 86.9 Å². The van der Waals surface area contributed by atoms with E-state index in [0.717, 1.165) is 39.4 Å². The van der Waals surface area contributed by atoms with Crippen LogP contribution in [0.5, 0.6) is 0 Å². The van der Waals surface area contributed by atoms with Crippen LogP contribution in [0.3, 0.4) is 0 Å². The molecule has 3 aromatic carbocycles. The highest BCUT2D eigenvalue weighted by atomic mass is 35.5. The summed E-state index contributed by atoms with van der Waals surface area (Å²) in [6.45, 7) is 3.41. The van der Waals surface area contributed by atoms with Crippen LogP contribution in [0.15, 0.2) is 96.2 Å². The summed E-state index contributed by atoms with van der Waals surface area (Å²) in [4.78, 5) is 43.3. The van der Waals surface area contributed by atoms with Gasteiger partial charge in [-0.3, -0.25) is 19.1 Å². The van der Waals surface area contributed by atoms with Crippen molar-refractivity contribution in [2.24, 2.45) is 10.8 Å². The minimum atomic E-state index is -4.72. The van der Waals surface area contributed by atoms with E-state index in [1.54, 1.807) is 17.9 Å². The molecule has 4 heterocycles. The number of carbonyl (C=O) groups excluding carboxylic acids is 3. The summed E-state index contributed by atoms with van der Waals surface area (Å²) in [5, 5.41) is 11.9. The Kier molecular flexibility index (Phi) is 10.4. The van der Waals surface area contributed by atoms with Gasteiger partial charge in [0.1, 0.15) is 5.41 Å². The van der Waals surface area contributed by atoms with E-state index in [-0.39, 0.29) is 66.4 Å². The second-order valence-electron chi connectivity index (χ2n) is 15.7. The Balaban J connectivity index is 0.976. The van der Waals surface area contributed by atoms with Gasteiger partial charge in [0, 0.05) is 56.1 Å². The van der Waals surface area contributed by atoms with E-state index in [1.165, 1.54) is 28.1 Å². The molecule has 5 aromatic rings. The van der Waals surface area contributed by atoms with Crippen molar-refractivity contribution in [3.63, 3.8) is 0 Å². The molecule has 312 valence electrons. The first-order valence-corrected chi connectivity index (χ1v) is 19.6. The summed E-state index contributed by atoms with van der Waals surface area (Å²) in [6, 6.07) is 18.7. The zero-order valence-corrected chi connectivity index (χ0v) is 33.4. The largest absolute Gasteiger partial charge is 0.419 e. The number of aromatic nitrogens is 4. The quantitative estimate of drug-likeness (QED) is 0.0979. The van der Waals surface area contributed by atoms with E-state index >= 15 is 8.78 Å². The Morgan fingerprint density at radius 1 is 0.917 bits per heavy atom. The van der Waals surface area contributed by atoms with Gasteiger partial charge in [-0.15, -0.1) is 10.2 Å². The van der Waals surface area contributed by atoms with Crippen LogP contribution in [-0.2, 0) is 28.5 Å². The molecule has 1 spiro atoms. The Morgan fingerprint density at radius 2 is 1.62 bits per heavy atom. The maximum Gasteiger partial charge on any atom is 0.403 e. The molecular formula is C42H36Cl2F5N7O4. The second kappa shape index (κ2) is 15.1. The summed E-state index contributed by atoms with van der Waals surface area (Å²) in [5.74, 6) is -7.69. The van der Waals surface area contributed by atoms with Gasteiger partial charge in [0.25, 0.3) is 11.8 Å². The lowest BCUT2D eigenvalue weighted by Gasteiger charge is -2.51. The van der Waals surface area contributed by atoms with Crippen molar-refractivity contribution >= 4 is 46.6 Å². The fourth-order valence-corrected chi connectivity index (χ4v) is 8.37. The molecule has 1 saturated carbocycles. The number of likely N-dealkylation sites (N-methyl/N-ethyl adjacent to an activating group) is 1. The number of hydrogen-bond acceptors (Lipinski definition) is 7. The molecule has 8 rings (SSSR count). The lowest BCUT2D eigenvalue weighted by molar-refractivity contribution is -0.204. The van der Waals surface area contributed by atoms with Gasteiger partial charge >= 0.3 is 12.1 Å². The fourth-order valence-electron chi connectivity index (χ4n) is 8.07. The molecule has 0 bridgehead atoms. The third-order valence-electron chi connectivity index (χ3n) is 11.7. The number of rotatable bonds is 11. The van der Waals surface area contributed by atoms with Crippen LogP contribution < -0.4 is 4.90 Å². The Bertz CT molecular complexity index is 2500. The zero-order valence-electron chi connectivity index (χ0n) is 31.9. The molecule has 60 heavy (non-hydrogen) atoms. The van der Waals surface area contributed by atoms with Gasteiger partial charge in [-0.1, -0.05) is 72.2 Å². The number of hydrogen-bond donors (Lipinski definition) is 0. The average molecular weight is 869 g/mol. The van der Waals surface area contributed by atoms with Gasteiger partial charge in [-0.05, 0) is 66.3 Å². The van der Waals surface area contributed by atoms with Crippen LogP contribution in [0.4, 0.5) is 27.6 Å². The summed E-state index contributed by atoms with van der Waals surface area (Å²) in [6.07, 6.45) is -0.493. The van der Waals surface area contributed by atoms with Crippen molar-refractivity contribution in [3.8, 4) is 0 Å². The number of likely N-dealkylation sites (tertiary alicyclic amines) is 2. The molecular weight excluding hydrogens is 832 g/mol. The van der Waals surface area contributed by atoms with Gasteiger partial charge in [0.15, 0.2) is 0 Å². The highest BCUT2D eigenvalue weighted by molar-refractivity contribution is 6.42. The molecule has 3 amide bonds. The molecule has 18 heteroatoms. The number of alkyl halides is 5. The molecule has 0 radical (unpaired) electrons. The second-order valence-corrected chi connectivity index (χ2v) is 16.5. The maximum absolute atomic E-state index is 15.6. The van der Waals surface area contributed by atoms with E-state index in [0.29, 0.717) is 13.0 Å². The van der Waals surface area contributed by atoms with Gasteiger partial charge in [0.05, 0.1) is 34.3 Å². The van der Waals surface area contributed by atoms with Crippen molar-refractivity contribution in [3.05, 3.63) is 141 Å². The number of nitrogens with zero attached hydrogens (tertiary/aromatic N) is 7. The molecule has 2 saturated heterocycles. The average Bonchev–Trinajstić information content (AvgIpc) is 3.49. The number of carbonyl (C=O) groups is 3. The van der Waals surface area contributed by atoms with Crippen LogP contribution in [0.25, 0.3) is 0 Å². The normalized spacial score (nSPS) is 18.0. The van der Waals surface area contributed by atoms with Crippen molar-refractivity contribution in [2.45, 2.75) is 43.8 Å². The van der Waals surface area contributed by atoms with Gasteiger partial charge < -0.3 is 19.1 Å². The Labute approximate surface area is 350 Å². The third-order valence-corrected chi connectivity index (χ3v) is 12.4. The van der Waals surface area contributed by atoms with Crippen LogP contribution in [0.2, 0.25) is 10.0 Å². The molecule has 2 aromatic heterocycles. The predicted molar refractivity (Wildman–Crippen MR) is 210 cm³/mol. The van der Waals surface area contributed by atoms with Gasteiger partial charge in [-0.2, -0.15) is 27.1 Å². The van der Waals surface area contributed by atoms with E-state index < -0.39 is 52.1 Å². The lowest BCUT2D eigenvalue weighted by Crippen LogP contribution is -2.64. The first-order chi connectivity index (χ1) is 28.4. The lowest BCUT2D eigenvalue weighted by atomic mass is 9.71. The molecule has 1 atom stereocenters. The minimum Gasteiger partial charge on any atom is -0.419 e. The van der Waals surface area contributed by atoms with Crippen molar-refractivity contribution in [1.29, 1.82) is 0 Å². The molecule has 3 aliphatic rings. The monoisotopic (exact) mass is 867 g/mol. The van der Waals surface area contributed by atoms with Gasteiger partial charge in [-0.25, -0.2) is 0 Å². The maximum atomic E-state index is 15.6. The van der Waals surface area contributed by atoms with Crippen molar-refractivity contribution < 1.29 is 40.8 Å². The van der Waals surface area contributed by atoms with Crippen LogP contribution >= 0.6 is 23.2 Å². The van der Waals surface area contributed by atoms with Crippen molar-refractivity contribution in [2.75, 3.05) is 38.1 Å². The molecule has 3 fully saturated rings. The van der Waals surface area contributed by atoms with Crippen LogP contribution in [0.1, 0.15) is 63.2 Å². The molecule has 1 aliphatic carbocycles. The molecule has 2 aliphatic heterocycles. The first-order valence-electron chi connectivity index (χ1n) is 18.8. The highest BCUT2D eigenvalue weighted by Gasteiger charge is 2.71. The summed E-state index contributed by atoms with van der Waals surface area (Å²) < 4.78 is 80.1. The Morgan fingerprint density at radius 3 is 2.28 bits per heavy atom. The topological polar surface area (TPSA) is 118 Å². The van der Waals surface area contributed by atoms with E-state index in [4.69, 9.17) is 27.6 Å². The van der Waals surface area contributed by atoms with Crippen molar-refractivity contribution in [1.82, 2.24) is 29.8 Å². The zero-order chi connectivity index (χ0) is 42.8. The Hall–Kier alpha value is -5.61. The summed E-state index contributed by atoms with van der Waals surface area (Å²) >= 11 is 11.9. The van der Waals surface area contributed by atoms with Gasteiger partial charge in [0.2, 0.25) is 17.7 Å². The molecule has 0 N–H and O–H groups in total. The predicted octanol–water partition coefficient (Wildman–Crippen LogP) is 7.91. The van der Waals surface area contributed by atoms with E-state index in [1.807, 2.05) is 48.5 Å². The SMILES string of the molecule is C=CC(=O)N(C)c1cccc(Cc2ccc(Cn3cc(C(=O)N4CC(c5nnc(C(F)(F)c6ccc(Cl)c(Cl)c6)o5)C5(C4)CN(C(=O)C4(C(F)(F)F)CC4)C5)cn3)cc2)c1. The third kappa shape index (κ3) is 7.44. The number of halogens is 7. The van der Waals surface area contributed by atoms with E-state index in [2.05, 4.69) is 21.9 Å². The van der Waals surface area contributed by atoms with Crippen LogP contribution in [0, 0.1) is 10.8 Å². The number of benzene rings is 3. The smallest absolute Gasteiger partial charge is 0.403 e. The number of anilines is 1. The minimum absolute atomic E-state index is 0.0173. The highest BCUT2D eigenvalue weighted by Crippen LogP contribution is 2.60. The molecule has 1 unspecified atom stereocenters. The fraction of sp³-hybridized carbons (Fsp3) is 0.333. The standard InChI is InChI=1S/C42H36Cl2F5N7O4/c1-3-34(57)53(2)30-6-4-5-27(16-30)15-25-7-9-26(10-8-25)19-56-20-28(18-50-56)36(58)54-21-31(39(22-54)23-55(24-39)38(59)40(13-14-40)42(47,48)49)35-51-52-37(60-35)41(45,46)29-11-12-32(43)33(44)17-29/h3-12,16-18,20,31H,1,13-15,19,21-24H2,2H3. The molecule has 11 nitrogen and oxygen atoms in total.